The van der Waals surface area contributed by atoms with E-state index in [1.807, 2.05) is 0 Å². The van der Waals surface area contributed by atoms with Gasteiger partial charge in [0.1, 0.15) is 0 Å². The van der Waals surface area contributed by atoms with E-state index in [4.69, 9.17) is 0 Å². The van der Waals surface area contributed by atoms with Crippen molar-refractivity contribution in [3.05, 3.63) is 51.7 Å². The molecule has 2 aromatic rings. The topological polar surface area (TPSA) is 12.0 Å². The van der Waals surface area contributed by atoms with Gasteiger partial charge in [-0.2, -0.15) is 0 Å². The molecule has 0 saturated carbocycles. The van der Waals surface area contributed by atoms with E-state index < -0.39 is 0 Å². The summed E-state index contributed by atoms with van der Waals surface area (Å²) < 4.78 is 0. The smallest absolute Gasteiger partial charge is 0.0494 e. The molecule has 0 atom stereocenters. The lowest BCUT2D eigenvalue weighted by Gasteiger charge is -2.11. The van der Waals surface area contributed by atoms with Gasteiger partial charge in [0.25, 0.3) is 0 Å². The third kappa shape index (κ3) is 2.39. The minimum Gasteiger partial charge on any atom is -0.380 e. The summed E-state index contributed by atoms with van der Waals surface area (Å²) in [5.41, 5.74) is 3.89. The van der Waals surface area contributed by atoms with E-state index >= 15 is 0 Å². The number of para-hydroxylation sites is 1. The second kappa shape index (κ2) is 4.49. The maximum Gasteiger partial charge on any atom is 0.0494 e. The Morgan fingerprint density at radius 1 is 1.07 bits per heavy atom. The Balaban J connectivity index is 2.11. The molecule has 0 spiro atoms. The van der Waals surface area contributed by atoms with Crippen molar-refractivity contribution >= 4 is 17.0 Å². The molecule has 2 rings (SSSR count). The molecule has 1 heterocycles. The van der Waals surface area contributed by atoms with E-state index in [9.17, 15) is 0 Å². The van der Waals surface area contributed by atoms with Crippen molar-refractivity contribution in [2.24, 2.45) is 0 Å². The van der Waals surface area contributed by atoms with Gasteiger partial charge in [-0.05, 0) is 36.4 Å². The molecule has 0 aliphatic rings. The van der Waals surface area contributed by atoms with Crippen molar-refractivity contribution in [3.8, 4) is 0 Å². The van der Waals surface area contributed by atoms with E-state index in [0.717, 1.165) is 6.54 Å². The molecule has 0 amide bonds. The first-order valence-electron chi connectivity index (χ1n) is 5.10. The Morgan fingerprint density at radius 2 is 1.80 bits per heavy atom. The Kier molecular flexibility index (Phi) is 3.07. The van der Waals surface area contributed by atoms with Gasteiger partial charge in [0.2, 0.25) is 0 Å². The second-order valence-electron chi connectivity index (χ2n) is 3.70. The summed E-state index contributed by atoms with van der Waals surface area (Å²) in [4.78, 5) is 1.37. The predicted molar refractivity (Wildman–Crippen MR) is 67.6 cm³/mol. The van der Waals surface area contributed by atoms with E-state index in [2.05, 4.69) is 54.9 Å². The number of nitrogens with one attached hydrogen (secondary N) is 1. The normalized spacial score (nSPS) is 10.3. The molecule has 0 radical (unpaired) electrons. The molecule has 0 unspecified atom stereocenters. The van der Waals surface area contributed by atoms with Crippen LogP contribution in [0.3, 0.4) is 0 Å². The molecule has 0 fully saturated rings. The molecule has 1 nitrogen and oxygen atoms in total. The predicted octanol–water partition coefficient (Wildman–Crippen LogP) is 3.98. The SMILES string of the molecule is Cc1cccc(C)c1NCc1cccs1. The molecule has 0 aliphatic carbocycles. The third-order valence-corrected chi connectivity index (χ3v) is 3.38. The molecule has 0 saturated heterocycles. The van der Waals surface area contributed by atoms with Crippen LogP contribution in [0.25, 0.3) is 0 Å². The van der Waals surface area contributed by atoms with Crippen LogP contribution in [0.15, 0.2) is 35.7 Å². The van der Waals surface area contributed by atoms with Gasteiger partial charge in [0, 0.05) is 17.1 Å². The zero-order valence-electron chi connectivity index (χ0n) is 9.08. The molecule has 1 aromatic carbocycles. The molecule has 15 heavy (non-hydrogen) atoms. The third-order valence-electron chi connectivity index (χ3n) is 2.50. The molecule has 1 N–H and O–H groups in total. The van der Waals surface area contributed by atoms with Crippen molar-refractivity contribution in [2.45, 2.75) is 20.4 Å². The number of hydrogen-bond acceptors (Lipinski definition) is 2. The van der Waals surface area contributed by atoms with Crippen molar-refractivity contribution in [1.82, 2.24) is 0 Å². The van der Waals surface area contributed by atoms with E-state index in [-0.39, 0.29) is 0 Å². The Labute approximate surface area is 94.8 Å². The molecule has 0 aliphatic heterocycles. The average molecular weight is 217 g/mol. The van der Waals surface area contributed by atoms with Gasteiger partial charge < -0.3 is 5.32 Å². The average Bonchev–Trinajstić information content (AvgIpc) is 2.70. The van der Waals surface area contributed by atoms with Crippen LogP contribution >= 0.6 is 11.3 Å². The van der Waals surface area contributed by atoms with Gasteiger partial charge in [0.15, 0.2) is 0 Å². The van der Waals surface area contributed by atoms with Gasteiger partial charge >= 0.3 is 0 Å². The fourth-order valence-electron chi connectivity index (χ4n) is 1.68. The maximum atomic E-state index is 3.49. The van der Waals surface area contributed by atoms with Crippen molar-refractivity contribution in [2.75, 3.05) is 5.32 Å². The highest BCUT2D eigenvalue weighted by atomic mass is 32.1. The summed E-state index contributed by atoms with van der Waals surface area (Å²) in [6.07, 6.45) is 0. The van der Waals surface area contributed by atoms with E-state index in [0.29, 0.717) is 0 Å². The maximum absolute atomic E-state index is 3.49. The van der Waals surface area contributed by atoms with Gasteiger partial charge in [-0.25, -0.2) is 0 Å². The van der Waals surface area contributed by atoms with Crippen molar-refractivity contribution in [1.29, 1.82) is 0 Å². The first kappa shape index (κ1) is 10.2. The standard InChI is InChI=1S/C13H15NS/c1-10-5-3-6-11(2)13(10)14-9-12-7-4-8-15-12/h3-8,14H,9H2,1-2H3. The minimum absolute atomic E-state index is 0.920. The lowest BCUT2D eigenvalue weighted by Crippen LogP contribution is -2.01. The van der Waals surface area contributed by atoms with Crippen LogP contribution in [-0.4, -0.2) is 0 Å². The molecule has 0 bridgehead atoms. The van der Waals surface area contributed by atoms with Gasteiger partial charge in [-0.1, -0.05) is 24.3 Å². The van der Waals surface area contributed by atoms with Crippen LogP contribution in [0.5, 0.6) is 0 Å². The minimum atomic E-state index is 0.920. The zero-order chi connectivity index (χ0) is 10.7. The van der Waals surface area contributed by atoms with Crippen LogP contribution in [0, 0.1) is 13.8 Å². The summed E-state index contributed by atoms with van der Waals surface area (Å²) in [6.45, 7) is 5.21. The van der Waals surface area contributed by atoms with Crippen molar-refractivity contribution in [3.63, 3.8) is 0 Å². The number of anilines is 1. The number of hydrogen-bond donors (Lipinski definition) is 1. The quantitative estimate of drug-likeness (QED) is 0.820. The molecule has 1 aromatic heterocycles. The van der Waals surface area contributed by atoms with E-state index in [1.165, 1.54) is 21.7 Å². The fraction of sp³-hybridized carbons (Fsp3) is 0.231. The number of benzene rings is 1. The largest absolute Gasteiger partial charge is 0.380 e. The summed E-state index contributed by atoms with van der Waals surface area (Å²) in [6, 6.07) is 10.6. The summed E-state index contributed by atoms with van der Waals surface area (Å²) in [7, 11) is 0. The van der Waals surface area contributed by atoms with Crippen molar-refractivity contribution < 1.29 is 0 Å². The van der Waals surface area contributed by atoms with Crippen LogP contribution in [0.4, 0.5) is 5.69 Å². The van der Waals surface area contributed by atoms with Crippen LogP contribution < -0.4 is 5.32 Å². The Bertz CT molecular complexity index is 412. The summed E-state index contributed by atoms with van der Waals surface area (Å²) in [5, 5.41) is 5.61. The van der Waals surface area contributed by atoms with Crippen LogP contribution in [0.2, 0.25) is 0 Å². The Morgan fingerprint density at radius 3 is 2.40 bits per heavy atom. The first-order chi connectivity index (χ1) is 7.27. The highest BCUT2D eigenvalue weighted by Gasteiger charge is 2.01. The zero-order valence-corrected chi connectivity index (χ0v) is 9.90. The lowest BCUT2D eigenvalue weighted by atomic mass is 10.1. The second-order valence-corrected chi connectivity index (χ2v) is 4.73. The lowest BCUT2D eigenvalue weighted by molar-refractivity contribution is 1.16. The molecule has 2 heteroatoms. The van der Waals surface area contributed by atoms with Gasteiger partial charge in [-0.3, -0.25) is 0 Å². The Hall–Kier alpha value is -1.28. The van der Waals surface area contributed by atoms with Gasteiger partial charge in [0.05, 0.1) is 0 Å². The number of thiophene rings is 1. The molecular weight excluding hydrogens is 202 g/mol. The molecular formula is C13H15NS. The van der Waals surface area contributed by atoms with E-state index in [1.54, 1.807) is 11.3 Å². The number of aryl methyl sites for hydroxylation is 2. The summed E-state index contributed by atoms with van der Waals surface area (Å²) >= 11 is 1.79. The highest BCUT2D eigenvalue weighted by Crippen LogP contribution is 2.21. The molecule has 78 valence electrons. The fourth-order valence-corrected chi connectivity index (χ4v) is 2.33. The van der Waals surface area contributed by atoms with Crippen LogP contribution in [-0.2, 0) is 6.54 Å². The highest BCUT2D eigenvalue weighted by molar-refractivity contribution is 7.09. The number of rotatable bonds is 3. The van der Waals surface area contributed by atoms with Gasteiger partial charge in [-0.15, -0.1) is 11.3 Å². The van der Waals surface area contributed by atoms with Crippen LogP contribution in [0.1, 0.15) is 16.0 Å². The summed E-state index contributed by atoms with van der Waals surface area (Å²) in [5.74, 6) is 0. The first-order valence-corrected chi connectivity index (χ1v) is 5.98. The monoisotopic (exact) mass is 217 g/mol.